The van der Waals surface area contributed by atoms with E-state index in [1.165, 1.54) is 13.8 Å². The molecule has 0 aliphatic carbocycles. The molecule has 2 rings (SSSR count). The van der Waals surface area contributed by atoms with Gasteiger partial charge in [-0.2, -0.15) is 13.2 Å². The maximum Gasteiger partial charge on any atom is 0.418 e. The van der Waals surface area contributed by atoms with Crippen LogP contribution in [0, 0.1) is 0 Å². The molecule has 1 fully saturated rings. The Morgan fingerprint density at radius 3 is 2.31 bits per heavy atom. The Hall–Kier alpha value is -2.62. The van der Waals surface area contributed by atoms with E-state index in [4.69, 9.17) is 11.6 Å². The molecule has 0 atom stereocenters. The molecule has 1 aromatic rings. The van der Waals surface area contributed by atoms with Crippen molar-refractivity contribution in [1.29, 1.82) is 0 Å². The van der Waals surface area contributed by atoms with Gasteiger partial charge in [0, 0.05) is 6.04 Å². The number of amides is 5. The summed E-state index contributed by atoms with van der Waals surface area (Å²) in [6, 6.07) is 1.29. The molecule has 1 N–H and O–H groups in total. The molecule has 140 valence electrons. The molecule has 0 unspecified atom stereocenters. The summed E-state index contributed by atoms with van der Waals surface area (Å²) in [6.45, 7) is 2.06. The molecule has 1 aromatic carbocycles. The van der Waals surface area contributed by atoms with E-state index >= 15 is 0 Å². The van der Waals surface area contributed by atoms with E-state index in [1.807, 2.05) is 5.32 Å². The lowest BCUT2D eigenvalue weighted by molar-refractivity contribution is -0.144. The molecule has 11 heteroatoms. The minimum absolute atomic E-state index is 0.363. The fraction of sp³-hybridized carbons (Fsp3) is 0.333. The molecular formula is C15H13ClF3N3O4. The Balaban J connectivity index is 2.22. The minimum atomic E-state index is -4.78. The van der Waals surface area contributed by atoms with E-state index in [0.29, 0.717) is 9.80 Å². The summed E-state index contributed by atoms with van der Waals surface area (Å²) in [7, 11) is 0. The van der Waals surface area contributed by atoms with Gasteiger partial charge < -0.3 is 5.32 Å². The quantitative estimate of drug-likeness (QED) is 0.631. The molecule has 7 nitrogen and oxygen atoms in total. The molecule has 0 radical (unpaired) electrons. The van der Waals surface area contributed by atoms with Crippen molar-refractivity contribution in [1.82, 2.24) is 9.80 Å². The highest BCUT2D eigenvalue weighted by Gasteiger charge is 2.46. The second-order valence-electron chi connectivity index (χ2n) is 5.65. The third-order valence-electron chi connectivity index (χ3n) is 3.49. The normalized spacial score (nSPS) is 15.3. The third kappa shape index (κ3) is 3.64. The Bertz CT molecular complexity index is 795. The minimum Gasteiger partial charge on any atom is -0.323 e. The molecule has 0 saturated carbocycles. The highest BCUT2D eigenvalue weighted by Crippen LogP contribution is 2.38. The maximum absolute atomic E-state index is 13.0. The summed E-state index contributed by atoms with van der Waals surface area (Å²) < 4.78 is 39.1. The first-order chi connectivity index (χ1) is 11.9. The summed E-state index contributed by atoms with van der Waals surface area (Å²) in [5, 5.41) is 1.58. The molecular weight excluding hydrogens is 379 g/mol. The fourth-order valence-corrected chi connectivity index (χ4v) is 2.55. The number of carbonyl (C=O) groups is 4. The van der Waals surface area contributed by atoms with Crippen LogP contribution in [-0.4, -0.2) is 46.1 Å². The van der Waals surface area contributed by atoms with Crippen LogP contribution in [0.5, 0.6) is 0 Å². The van der Waals surface area contributed by atoms with Gasteiger partial charge in [0.1, 0.15) is 6.54 Å². The molecule has 1 saturated heterocycles. The smallest absolute Gasteiger partial charge is 0.323 e. The summed E-state index contributed by atoms with van der Waals surface area (Å²) in [4.78, 5) is 48.8. The zero-order valence-electron chi connectivity index (χ0n) is 13.6. The first-order valence-electron chi connectivity index (χ1n) is 7.29. The Morgan fingerprint density at radius 1 is 1.19 bits per heavy atom. The fourth-order valence-electron chi connectivity index (χ4n) is 2.33. The summed E-state index contributed by atoms with van der Waals surface area (Å²) in [6.07, 6.45) is -4.78. The van der Waals surface area contributed by atoms with E-state index in [0.717, 1.165) is 18.2 Å². The van der Waals surface area contributed by atoms with Gasteiger partial charge in [0.15, 0.2) is 0 Å². The zero-order valence-corrected chi connectivity index (χ0v) is 14.3. The second kappa shape index (κ2) is 6.94. The number of nitrogens with zero attached hydrogens (tertiary/aromatic N) is 2. The highest BCUT2D eigenvalue weighted by atomic mass is 35.5. The monoisotopic (exact) mass is 391 g/mol. The second-order valence-corrected chi connectivity index (χ2v) is 6.06. The van der Waals surface area contributed by atoms with Crippen LogP contribution in [0.4, 0.5) is 23.7 Å². The Labute approximate surface area is 150 Å². The number of hydrogen-bond acceptors (Lipinski definition) is 4. The molecule has 0 bridgehead atoms. The van der Waals surface area contributed by atoms with Crippen LogP contribution in [0.3, 0.4) is 0 Å². The van der Waals surface area contributed by atoms with Crippen molar-refractivity contribution in [2.75, 3.05) is 11.9 Å². The molecule has 5 amide bonds. The van der Waals surface area contributed by atoms with Crippen LogP contribution in [0.1, 0.15) is 19.4 Å². The standard InChI is InChI=1S/C15H13ClF3N3O4/c1-7(2)22-13(25)12(24)21(14(22)26)6-10(23)20-11-8(15(17,18)19)4-3-5-9(11)16/h3-5,7H,6H2,1-2H3,(H,20,23). The number of para-hydroxylation sites is 1. The van der Waals surface area contributed by atoms with Crippen molar-refractivity contribution in [3.8, 4) is 0 Å². The molecule has 1 aliphatic rings. The largest absolute Gasteiger partial charge is 0.418 e. The topological polar surface area (TPSA) is 86.8 Å². The summed E-state index contributed by atoms with van der Waals surface area (Å²) in [5.74, 6) is -3.44. The molecule has 1 aliphatic heterocycles. The van der Waals surface area contributed by atoms with Gasteiger partial charge >= 0.3 is 24.0 Å². The predicted molar refractivity (Wildman–Crippen MR) is 84.2 cm³/mol. The van der Waals surface area contributed by atoms with Crippen LogP contribution in [0.25, 0.3) is 0 Å². The Morgan fingerprint density at radius 2 is 1.81 bits per heavy atom. The average molecular weight is 392 g/mol. The van der Waals surface area contributed by atoms with Crippen molar-refractivity contribution >= 4 is 41.0 Å². The van der Waals surface area contributed by atoms with Gasteiger partial charge in [0.2, 0.25) is 5.91 Å². The SMILES string of the molecule is CC(C)N1C(=O)C(=O)N(CC(=O)Nc2c(Cl)cccc2C(F)(F)F)C1=O. The van der Waals surface area contributed by atoms with Crippen LogP contribution in [0.2, 0.25) is 5.02 Å². The number of rotatable bonds is 4. The number of halogens is 4. The van der Waals surface area contributed by atoms with Crippen molar-refractivity contribution in [2.24, 2.45) is 0 Å². The van der Waals surface area contributed by atoms with E-state index < -0.39 is 53.8 Å². The number of alkyl halides is 3. The van der Waals surface area contributed by atoms with E-state index in [1.54, 1.807) is 0 Å². The Kier molecular flexibility index (Phi) is 5.26. The average Bonchev–Trinajstić information content (AvgIpc) is 2.72. The van der Waals surface area contributed by atoms with Crippen LogP contribution >= 0.6 is 11.6 Å². The third-order valence-corrected chi connectivity index (χ3v) is 3.80. The number of carbonyl (C=O) groups excluding carboxylic acids is 4. The number of benzene rings is 1. The van der Waals surface area contributed by atoms with Gasteiger partial charge in [-0.05, 0) is 26.0 Å². The van der Waals surface area contributed by atoms with Crippen molar-refractivity contribution < 1.29 is 32.3 Å². The first kappa shape index (κ1) is 19.7. The van der Waals surface area contributed by atoms with E-state index in [2.05, 4.69) is 0 Å². The lowest BCUT2D eigenvalue weighted by Gasteiger charge is -2.19. The van der Waals surface area contributed by atoms with Crippen LogP contribution in [-0.2, 0) is 20.6 Å². The molecule has 0 aromatic heterocycles. The number of nitrogens with one attached hydrogen (secondary N) is 1. The first-order valence-corrected chi connectivity index (χ1v) is 7.67. The van der Waals surface area contributed by atoms with Crippen LogP contribution in [0.15, 0.2) is 18.2 Å². The van der Waals surface area contributed by atoms with Crippen molar-refractivity contribution in [3.63, 3.8) is 0 Å². The van der Waals surface area contributed by atoms with Gasteiger partial charge in [0.05, 0.1) is 16.3 Å². The van der Waals surface area contributed by atoms with Gasteiger partial charge in [-0.3, -0.25) is 19.3 Å². The zero-order chi connectivity index (χ0) is 19.8. The summed E-state index contributed by atoms with van der Waals surface area (Å²) >= 11 is 5.72. The number of urea groups is 1. The predicted octanol–water partition coefficient (Wildman–Crippen LogP) is 2.50. The maximum atomic E-state index is 13.0. The highest BCUT2D eigenvalue weighted by molar-refractivity contribution is 6.45. The van der Waals surface area contributed by atoms with Crippen LogP contribution < -0.4 is 5.32 Å². The van der Waals surface area contributed by atoms with Gasteiger partial charge in [0.25, 0.3) is 0 Å². The van der Waals surface area contributed by atoms with E-state index in [-0.39, 0.29) is 5.02 Å². The lowest BCUT2D eigenvalue weighted by Crippen LogP contribution is -2.40. The molecule has 26 heavy (non-hydrogen) atoms. The van der Waals surface area contributed by atoms with E-state index in [9.17, 15) is 32.3 Å². The number of anilines is 1. The molecule has 0 spiro atoms. The number of imide groups is 2. The van der Waals surface area contributed by atoms with Crippen molar-refractivity contribution in [2.45, 2.75) is 26.1 Å². The number of hydrogen-bond donors (Lipinski definition) is 1. The lowest BCUT2D eigenvalue weighted by atomic mass is 10.1. The van der Waals surface area contributed by atoms with Gasteiger partial charge in [-0.1, -0.05) is 17.7 Å². The summed E-state index contributed by atoms with van der Waals surface area (Å²) in [5.41, 5.74) is -1.88. The van der Waals surface area contributed by atoms with Gasteiger partial charge in [-0.25, -0.2) is 9.69 Å². The molecule has 1 heterocycles. The van der Waals surface area contributed by atoms with Gasteiger partial charge in [-0.15, -0.1) is 0 Å². The van der Waals surface area contributed by atoms with Crippen molar-refractivity contribution in [3.05, 3.63) is 28.8 Å².